The van der Waals surface area contributed by atoms with Gasteiger partial charge in [-0.15, -0.1) is 0 Å². The van der Waals surface area contributed by atoms with Crippen LogP contribution in [0, 0.1) is 0 Å². The standard InChI is InChI=1S/C20H23NO6/c1-14(22)27-17(13-26-15-7-5-4-6-8-15)12-21-19-11-16(24-2)9-10-18(19)20(23)25-3/h4-11,17,21H,12-13H2,1-3H3. The fourth-order valence-corrected chi connectivity index (χ4v) is 2.38. The highest BCUT2D eigenvalue weighted by atomic mass is 16.6. The molecule has 0 aliphatic heterocycles. The van der Waals surface area contributed by atoms with Gasteiger partial charge >= 0.3 is 11.9 Å². The predicted octanol–water partition coefficient (Wildman–Crippen LogP) is 2.90. The summed E-state index contributed by atoms with van der Waals surface area (Å²) < 4.78 is 21.0. The molecule has 0 bridgehead atoms. The number of para-hydroxylation sites is 1. The van der Waals surface area contributed by atoms with Crippen molar-refractivity contribution in [1.82, 2.24) is 0 Å². The quantitative estimate of drug-likeness (QED) is 0.677. The molecule has 144 valence electrons. The average molecular weight is 373 g/mol. The number of carbonyl (C=O) groups excluding carboxylic acids is 2. The Morgan fingerprint density at radius 1 is 1.04 bits per heavy atom. The molecule has 2 aromatic rings. The Labute approximate surface area is 158 Å². The van der Waals surface area contributed by atoms with Crippen LogP contribution in [0.2, 0.25) is 0 Å². The molecule has 1 N–H and O–H groups in total. The van der Waals surface area contributed by atoms with Gasteiger partial charge in [-0.05, 0) is 24.3 Å². The maximum absolute atomic E-state index is 12.0. The highest BCUT2D eigenvalue weighted by Crippen LogP contribution is 2.23. The molecule has 7 heteroatoms. The van der Waals surface area contributed by atoms with Gasteiger partial charge in [0.2, 0.25) is 0 Å². The van der Waals surface area contributed by atoms with E-state index in [1.165, 1.54) is 21.1 Å². The highest BCUT2D eigenvalue weighted by Gasteiger charge is 2.17. The molecule has 0 fully saturated rings. The van der Waals surface area contributed by atoms with Crippen LogP contribution in [-0.4, -0.2) is 45.4 Å². The molecule has 0 saturated carbocycles. The van der Waals surface area contributed by atoms with Crippen LogP contribution in [0.15, 0.2) is 48.5 Å². The minimum absolute atomic E-state index is 0.161. The summed E-state index contributed by atoms with van der Waals surface area (Å²) in [6.45, 7) is 1.73. The van der Waals surface area contributed by atoms with Crippen LogP contribution in [0.5, 0.6) is 11.5 Å². The van der Waals surface area contributed by atoms with Gasteiger partial charge in [-0.2, -0.15) is 0 Å². The van der Waals surface area contributed by atoms with Crippen molar-refractivity contribution in [3.63, 3.8) is 0 Å². The minimum atomic E-state index is -0.556. The second-order valence-corrected chi connectivity index (χ2v) is 5.64. The van der Waals surface area contributed by atoms with Crippen LogP contribution >= 0.6 is 0 Å². The van der Waals surface area contributed by atoms with Gasteiger partial charge < -0.3 is 24.3 Å². The molecule has 0 saturated heterocycles. The number of methoxy groups -OCH3 is 2. The Balaban J connectivity index is 2.08. The van der Waals surface area contributed by atoms with Gasteiger partial charge in [0.05, 0.1) is 32.0 Å². The van der Waals surface area contributed by atoms with Gasteiger partial charge in [-0.1, -0.05) is 18.2 Å². The lowest BCUT2D eigenvalue weighted by molar-refractivity contribution is -0.147. The van der Waals surface area contributed by atoms with Crippen LogP contribution in [0.3, 0.4) is 0 Å². The summed E-state index contributed by atoms with van der Waals surface area (Å²) >= 11 is 0. The van der Waals surface area contributed by atoms with E-state index in [2.05, 4.69) is 5.32 Å². The number of hydrogen-bond donors (Lipinski definition) is 1. The minimum Gasteiger partial charge on any atom is -0.497 e. The van der Waals surface area contributed by atoms with E-state index in [4.69, 9.17) is 18.9 Å². The van der Waals surface area contributed by atoms with Crippen molar-refractivity contribution >= 4 is 17.6 Å². The number of esters is 2. The van der Waals surface area contributed by atoms with Gasteiger partial charge in [0, 0.05) is 13.0 Å². The highest BCUT2D eigenvalue weighted by molar-refractivity contribution is 5.96. The first kappa shape index (κ1) is 20.1. The van der Waals surface area contributed by atoms with Gasteiger partial charge in [0.1, 0.15) is 18.1 Å². The summed E-state index contributed by atoms with van der Waals surface area (Å²) in [5.41, 5.74) is 0.863. The topological polar surface area (TPSA) is 83.1 Å². The number of hydrogen-bond acceptors (Lipinski definition) is 7. The van der Waals surface area contributed by atoms with Crippen molar-refractivity contribution in [1.29, 1.82) is 0 Å². The summed E-state index contributed by atoms with van der Waals surface area (Å²) in [5.74, 6) is 0.350. The number of anilines is 1. The van der Waals surface area contributed by atoms with E-state index in [9.17, 15) is 9.59 Å². The summed E-state index contributed by atoms with van der Waals surface area (Å²) in [6, 6.07) is 14.2. The maximum Gasteiger partial charge on any atom is 0.339 e. The Morgan fingerprint density at radius 2 is 1.78 bits per heavy atom. The molecule has 2 aromatic carbocycles. The van der Waals surface area contributed by atoms with Crippen molar-refractivity contribution in [2.75, 3.05) is 32.7 Å². The van der Waals surface area contributed by atoms with E-state index in [0.717, 1.165) is 0 Å². The van der Waals surface area contributed by atoms with Gasteiger partial charge in [0.25, 0.3) is 0 Å². The van der Waals surface area contributed by atoms with Crippen LogP contribution in [0.25, 0.3) is 0 Å². The smallest absolute Gasteiger partial charge is 0.339 e. The normalized spacial score (nSPS) is 11.2. The molecule has 0 aliphatic carbocycles. The Morgan fingerprint density at radius 3 is 2.41 bits per heavy atom. The Kier molecular flexibility index (Phi) is 7.49. The van der Waals surface area contributed by atoms with Crippen molar-refractivity contribution in [2.24, 2.45) is 0 Å². The molecule has 1 unspecified atom stereocenters. The van der Waals surface area contributed by atoms with Gasteiger partial charge in [-0.25, -0.2) is 4.79 Å². The average Bonchev–Trinajstić information content (AvgIpc) is 2.69. The number of benzene rings is 2. The SMILES string of the molecule is COC(=O)c1ccc(OC)cc1NCC(COc1ccccc1)OC(C)=O. The fourth-order valence-electron chi connectivity index (χ4n) is 2.38. The molecule has 0 aromatic heterocycles. The largest absolute Gasteiger partial charge is 0.497 e. The lowest BCUT2D eigenvalue weighted by Gasteiger charge is -2.20. The molecule has 0 heterocycles. The zero-order valence-electron chi connectivity index (χ0n) is 15.6. The van der Waals surface area contributed by atoms with E-state index < -0.39 is 18.0 Å². The predicted molar refractivity (Wildman–Crippen MR) is 100 cm³/mol. The van der Waals surface area contributed by atoms with Gasteiger partial charge in [-0.3, -0.25) is 4.79 Å². The van der Waals surface area contributed by atoms with Crippen LogP contribution in [0.4, 0.5) is 5.69 Å². The molecular weight excluding hydrogens is 350 g/mol. The first-order valence-corrected chi connectivity index (χ1v) is 8.38. The van der Waals surface area contributed by atoms with Crippen molar-refractivity contribution < 1.29 is 28.5 Å². The summed E-state index contributed by atoms with van der Waals surface area (Å²) in [6.07, 6.45) is -0.556. The third-order valence-corrected chi connectivity index (χ3v) is 3.66. The number of nitrogens with one attached hydrogen (secondary N) is 1. The van der Waals surface area contributed by atoms with Crippen LogP contribution in [-0.2, 0) is 14.3 Å². The van der Waals surface area contributed by atoms with Crippen molar-refractivity contribution in [3.05, 3.63) is 54.1 Å². The Hall–Kier alpha value is -3.22. The zero-order valence-corrected chi connectivity index (χ0v) is 15.6. The van der Waals surface area contributed by atoms with E-state index >= 15 is 0 Å². The molecule has 2 rings (SSSR count). The monoisotopic (exact) mass is 373 g/mol. The van der Waals surface area contributed by atoms with Crippen LogP contribution in [0.1, 0.15) is 17.3 Å². The van der Waals surface area contributed by atoms with E-state index in [0.29, 0.717) is 22.7 Å². The van der Waals surface area contributed by atoms with Crippen LogP contribution < -0.4 is 14.8 Å². The molecule has 27 heavy (non-hydrogen) atoms. The Bertz CT molecular complexity index is 762. The second-order valence-electron chi connectivity index (χ2n) is 5.64. The van der Waals surface area contributed by atoms with Gasteiger partial charge in [0.15, 0.2) is 6.10 Å². The number of ether oxygens (including phenoxy) is 4. The van der Waals surface area contributed by atoms with Crippen molar-refractivity contribution in [3.8, 4) is 11.5 Å². The lowest BCUT2D eigenvalue weighted by Crippen LogP contribution is -2.31. The van der Waals surface area contributed by atoms with E-state index in [-0.39, 0.29) is 13.2 Å². The first-order valence-electron chi connectivity index (χ1n) is 8.38. The molecule has 0 spiro atoms. The second kappa shape index (κ2) is 10.1. The molecule has 7 nitrogen and oxygen atoms in total. The summed E-state index contributed by atoms with van der Waals surface area (Å²) in [4.78, 5) is 23.4. The van der Waals surface area contributed by atoms with E-state index in [1.54, 1.807) is 18.2 Å². The molecule has 0 aliphatic rings. The third-order valence-electron chi connectivity index (χ3n) is 3.66. The number of carbonyl (C=O) groups is 2. The molecular formula is C20H23NO6. The first-order chi connectivity index (χ1) is 13.0. The fraction of sp³-hybridized carbons (Fsp3) is 0.300. The third kappa shape index (κ3) is 6.22. The number of rotatable bonds is 9. The molecule has 1 atom stereocenters. The maximum atomic E-state index is 12.0. The molecule has 0 amide bonds. The molecule has 0 radical (unpaired) electrons. The van der Waals surface area contributed by atoms with E-state index in [1.807, 2.05) is 30.3 Å². The van der Waals surface area contributed by atoms with Crippen molar-refractivity contribution in [2.45, 2.75) is 13.0 Å². The summed E-state index contributed by atoms with van der Waals surface area (Å²) in [7, 11) is 2.85. The zero-order chi connectivity index (χ0) is 19.6. The summed E-state index contributed by atoms with van der Waals surface area (Å²) in [5, 5.41) is 3.11. The lowest BCUT2D eigenvalue weighted by atomic mass is 10.1.